The van der Waals surface area contributed by atoms with E-state index in [1.807, 2.05) is 24.3 Å². The molecule has 8 nitrogen and oxygen atoms in total. The second-order valence-corrected chi connectivity index (χ2v) is 5.65. The van der Waals surface area contributed by atoms with Gasteiger partial charge in [0.25, 0.3) is 0 Å². The number of tetrazole rings is 1. The van der Waals surface area contributed by atoms with Crippen LogP contribution in [0, 0.1) is 0 Å². The van der Waals surface area contributed by atoms with E-state index in [9.17, 15) is 0 Å². The molecule has 0 bridgehead atoms. The lowest BCUT2D eigenvalue weighted by molar-refractivity contribution is 0.284. The van der Waals surface area contributed by atoms with Crippen LogP contribution in [0.1, 0.15) is 11.1 Å². The molecular formula is C16H17ClN6O2. The molecule has 1 aromatic carbocycles. The molecule has 0 amide bonds. The minimum Gasteiger partial charge on any atom is -0.493 e. The summed E-state index contributed by atoms with van der Waals surface area (Å²) in [6.45, 7) is 0.847. The average Bonchev–Trinajstić information content (AvgIpc) is 3.04. The van der Waals surface area contributed by atoms with Gasteiger partial charge in [0.15, 0.2) is 11.5 Å². The quantitative estimate of drug-likeness (QED) is 0.692. The molecule has 0 atom stereocenters. The number of aryl methyl sites for hydroxylation is 1. The van der Waals surface area contributed by atoms with Crippen molar-refractivity contribution in [3.05, 3.63) is 52.8 Å². The molecule has 0 radical (unpaired) electrons. The van der Waals surface area contributed by atoms with Gasteiger partial charge in [0.2, 0.25) is 5.95 Å². The molecule has 3 rings (SSSR count). The monoisotopic (exact) mass is 360 g/mol. The fourth-order valence-electron chi connectivity index (χ4n) is 2.21. The van der Waals surface area contributed by atoms with Crippen LogP contribution in [0.15, 0.2) is 36.7 Å². The van der Waals surface area contributed by atoms with E-state index in [1.165, 1.54) is 0 Å². The van der Waals surface area contributed by atoms with Gasteiger partial charge in [-0.05, 0) is 34.2 Å². The van der Waals surface area contributed by atoms with Crippen LogP contribution in [-0.4, -0.2) is 32.3 Å². The number of rotatable bonds is 7. The highest BCUT2D eigenvalue weighted by molar-refractivity contribution is 6.32. The average molecular weight is 361 g/mol. The first-order valence-corrected chi connectivity index (χ1v) is 7.89. The fourth-order valence-corrected chi connectivity index (χ4v) is 2.50. The first kappa shape index (κ1) is 17.0. The van der Waals surface area contributed by atoms with Gasteiger partial charge in [-0.25, -0.2) is 4.68 Å². The number of methoxy groups -OCH3 is 1. The Balaban J connectivity index is 1.73. The Morgan fingerprint density at radius 3 is 2.84 bits per heavy atom. The van der Waals surface area contributed by atoms with Crippen LogP contribution in [0.25, 0.3) is 0 Å². The van der Waals surface area contributed by atoms with E-state index in [-0.39, 0.29) is 0 Å². The highest BCUT2D eigenvalue weighted by Crippen LogP contribution is 2.37. The first-order chi connectivity index (χ1) is 12.2. The molecule has 0 unspecified atom stereocenters. The minimum absolute atomic E-state index is 0.353. The maximum atomic E-state index is 6.38. The van der Waals surface area contributed by atoms with E-state index in [4.69, 9.17) is 21.1 Å². The van der Waals surface area contributed by atoms with Crippen molar-refractivity contribution in [3.8, 4) is 11.5 Å². The topological polar surface area (TPSA) is 87.0 Å². The lowest BCUT2D eigenvalue weighted by Gasteiger charge is -2.14. The smallest absolute Gasteiger partial charge is 0.242 e. The first-order valence-electron chi connectivity index (χ1n) is 7.51. The predicted molar refractivity (Wildman–Crippen MR) is 92.7 cm³/mol. The summed E-state index contributed by atoms with van der Waals surface area (Å²) in [5, 5.41) is 14.8. The second kappa shape index (κ2) is 7.80. The van der Waals surface area contributed by atoms with Crippen LogP contribution < -0.4 is 14.8 Å². The third-order valence-corrected chi connectivity index (χ3v) is 3.75. The van der Waals surface area contributed by atoms with Crippen molar-refractivity contribution in [2.45, 2.75) is 13.2 Å². The van der Waals surface area contributed by atoms with Gasteiger partial charge in [-0.3, -0.25) is 4.98 Å². The highest BCUT2D eigenvalue weighted by atomic mass is 35.5. The number of benzene rings is 1. The summed E-state index contributed by atoms with van der Waals surface area (Å²) >= 11 is 6.38. The third kappa shape index (κ3) is 4.16. The van der Waals surface area contributed by atoms with Crippen LogP contribution in [-0.2, 0) is 20.2 Å². The fraction of sp³-hybridized carbons (Fsp3) is 0.250. The van der Waals surface area contributed by atoms with Crippen LogP contribution >= 0.6 is 11.6 Å². The van der Waals surface area contributed by atoms with Crippen molar-refractivity contribution in [1.29, 1.82) is 0 Å². The summed E-state index contributed by atoms with van der Waals surface area (Å²) in [5.74, 6) is 1.62. The Morgan fingerprint density at radius 1 is 1.28 bits per heavy atom. The van der Waals surface area contributed by atoms with Gasteiger partial charge in [0.05, 0.1) is 12.1 Å². The molecule has 0 saturated heterocycles. The number of ether oxygens (including phenoxy) is 2. The SMILES string of the molecule is COc1cc(CNc2nnnn2C)cc(Cl)c1OCc1cccnc1. The zero-order chi connectivity index (χ0) is 17.6. The molecule has 0 spiro atoms. The van der Waals surface area contributed by atoms with Crippen LogP contribution in [0.3, 0.4) is 0 Å². The zero-order valence-electron chi connectivity index (χ0n) is 13.8. The molecule has 9 heteroatoms. The second-order valence-electron chi connectivity index (χ2n) is 5.24. The lowest BCUT2D eigenvalue weighted by Crippen LogP contribution is -2.06. The van der Waals surface area contributed by atoms with Gasteiger partial charge in [-0.1, -0.05) is 22.8 Å². The molecule has 2 heterocycles. The van der Waals surface area contributed by atoms with Crippen LogP contribution in [0.5, 0.6) is 11.5 Å². The number of anilines is 1. The third-order valence-electron chi connectivity index (χ3n) is 3.47. The molecule has 0 saturated carbocycles. The van der Waals surface area contributed by atoms with Crippen molar-refractivity contribution in [2.75, 3.05) is 12.4 Å². The van der Waals surface area contributed by atoms with E-state index in [1.54, 1.807) is 31.2 Å². The molecular weight excluding hydrogens is 344 g/mol. The molecule has 130 valence electrons. The molecule has 1 N–H and O–H groups in total. The molecule has 0 aliphatic carbocycles. The Labute approximate surface area is 149 Å². The molecule has 2 aromatic heterocycles. The van der Waals surface area contributed by atoms with E-state index < -0.39 is 0 Å². The van der Waals surface area contributed by atoms with Crippen LogP contribution in [0.4, 0.5) is 5.95 Å². The molecule has 0 fully saturated rings. The van der Waals surface area contributed by atoms with Gasteiger partial charge in [0.1, 0.15) is 6.61 Å². The van der Waals surface area contributed by atoms with E-state index >= 15 is 0 Å². The van der Waals surface area contributed by atoms with Gasteiger partial charge >= 0.3 is 0 Å². The van der Waals surface area contributed by atoms with Crippen molar-refractivity contribution in [2.24, 2.45) is 7.05 Å². The largest absolute Gasteiger partial charge is 0.493 e. The Hall–Kier alpha value is -2.87. The van der Waals surface area contributed by atoms with Crippen molar-refractivity contribution in [1.82, 2.24) is 25.2 Å². The van der Waals surface area contributed by atoms with Crippen molar-refractivity contribution >= 4 is 17.5 Å². The summed E-state index contributed by atoms with van der Waals surface area (Å²) in [5.41, 5.74) is 1.86. The number of halogens is 1. The normalized spacial score (nSPS) is 10.5. The van der Waals surface area contributed by atoms with Gasteiger partial charge in [-0.15, -0.1) is 0 Å². The number of nitrogens with zero attached hydrogens (tertiary/aromatic N) is 5. The predicted octanol–water partition coefficient (Wildman–Crippen LogP) is 2.46. The van der Waals surface area contributed by atoms with Gasteiger partial charge in [0, 0.05) is 31.5 Å². The van der Waals surface area contributed by atoms with Gasteiger partial charge < -0.3 is 14.8 Å². The van der Waals surface area contributed by atoms with Crippen molar-refractivity contribution < 1.29 is 9.47 Å². The Morgan fingerprint density at radius 2 is 2.16 bits per heavy atom. The summed E-state index contributed by atoms with van der Waals surface area (Å²) in [7, 11) is 3.33. The van der Waals surface area contributed by atoms with Crippen molar-refractivity contribution in [3.63, 3.8) is 0 Å². The molecule has 25 heavy (non-hydrogen) atoms. The molecule has 0 aliphatic rings. The lowest BCUT2D eigenvalue weighted by atomic mass is 10.2. The molecule has 3 aromatic rings. The summed E-state index contributed by atoms with van der Waals surface area (Å²) in [4.78, 5) is 4.06. The summed E-state index contributed by atoms with van der Waals surface area (Å²) in [6, 6.07) is 7.47. The standard InChI is InChI=1S/C16H17ClN6O2/c1-23-16(20-21-22-23)19-9-12-6-13(17)15(14(7-12)24-2)25-10-11-4-3-5-18-8-11/h3-8H,9-10H2,1-2H3,(H,19,20,22). The zero-order valence-corrected chi connectivity index (χ0v) is 14.6. The van der Waals surface area contributed by atoms with E-state index in [0.717, 1.165) is 11.1 Å². The van der Waals surface area contributed by atoms with E-state index in [0.29, 0.717) is 35.6 Å². The highest BCUT2D eigenvalue weighted by Gasteiger charge is 2.13. The number of hydrogen-bond donors (Lipinski definition) is 1. The number of pyridine rings is 1. The Bertz CT molecular complexity index is 840. The van der Waals surface area contributed by atoms with E-state index in [2.05, 4.69) is 25.8 Å². The summed E-state index contributed by atoms with van der Waals surface area (Å²) < 4.78 is 12.8. The number of aromatic nitrogens is 5. The maximum absolute atomic E-state index is 6.38. The minimum atomic E-state index is 0.353. The number of nitrogens with one attached hydrogen (secondary N) is 1. The number of hydrogen-bond acceptors (Lipinski definition) is 7. The molecule has 0 aliphatic heterocycles. The summed E-state index contributed by atoms with van der Waals surface area (Å²) in [6.07, 6.45) is 3.46. The van der Waals surface area contributed by atoms with Gasteiger partial charge in [-0.2, -0.15) is 0 Å². The van der Waals surface area contributed by atoms with Crippen LogP contribution in [0.2, 0.25) is 5.02 Å². The maximum Gasteiger partial charge on any atom is 0.242 e. The Kier molecular flexibility index (Phi) is 5.30.